The average Bonchev–Trinajstić information content (AvgIpc) is 3.38. The number of amides is 1. The van der Waals surface area contributed by atoms with Crippen molar-refractivity contribution in [3.05, 3.63) is 64.9 Å². The summed E-state index contributed by atoms with van der Waals surface area (Å²) in [6.07, 6.45) is 0. The minimum Gasteiger partial charge on any atom is -0.454 e. The molecular formula is C24H25N5O3. The van der Waals surface area contributed by atoms with Crippen molar-refractivity contribution in [1.82, 2.24) is 14.8 Å². The van der Waals surface area contributed by atoms with Crippen LogP contribution in [0.15, 0.2) is 53.7 Å². The highest BCUT2D eigenvalue weighted by Crippen LogP contribution is 2.40. The number of primary amides is 1. The molecule has 3 heterocycles. The molecule has 1 atom stereocenters. The summed E-state index contributed by atoms with van der Waals surface area (Å²) in [6, 6.07) is 13.3. The molecule has 8 nitrogen and oxygen atoms in total. The zero-order chi connectivity index (χ0) is 22.6. The molecule has 2 aliphatic heterocycles. The van der Waals surface area contributed by atoms with Gasteiger partial charge in [0.1, 0.15) is 6.04 Å². The molecule has 5 rings (SSSR count). The molecule has 1 aromatic heterocycles. The van der Waals surface area contributed by atoms with Crippen molar-refractivity contribution in [1.29, 1.82) is 0 Å². The Labute approximate surface area is 186 Å². The molecule has 0 saturated carbocycles. The fourth-order valence-electron chi connectivity index (χ4n) is 4.10. The first-order valence-electron chi connectivity index (χ1n) is 10.5. The van der Waals surface area contributed by atoms with Crippen LogP contribution < -0.4 is 20.5 Å². The number of nitrogens with one attached hydrogen (secondary N) is 1. The van der Waals surface area contributed by atoms with E-state index in [2.05, 4.69) is 38.2 Å². The first-order valence-corrected chi connectivity index (χ1v) is 10.5. The monoisotopic (exact) mass is 431 g/mol. The van der Waals surface area contributed by atoms with Crippen LogP contribution in [0.5, 0.6) is 11.5 Å². The van der Waals surface area contributed by atoms with Crippen LogP contribution in [-0.2, 0) is 10.2 Å². The Morgan fingerprint density at radius 1 is 1.12 bits per heavy atom. The third kappa shape index (κ3) is 3.28. The van der Waals surface area contributed by atoms with Gasteiger partial charge in [-0.15, -0.1) is 5.10 Å². The third-order valence-corrected chi connectivity index (χ3v) is 5.84. The summed E-state index contributed by atoms with van der Waals surface area (Å²) in [4.78, 5) is 17.1. The molecule has 32 heavy (non-hydrogen) atoms. The maximum absolute atomic E-state index is 12.4. The molecular weight excluding hydrogens is 406 g/mol. The van der Waals surface area contributed by atoms with Crippen LogP contribution in [0.1, 0.15) is 44.9 Å². The van der Waals surface area contributed by atoms with Gasteiger partial charge >= 0.3 is 0 Å². The SMILES string of the molecule is CC1=C(C(N)=O)C(c2ccc3c(c2)OCO3)n2nc(-c3ccc(C(C)(C)C)cc3)nc2N1. The Bertz CT molecular complexity index is 1250. The number of aromatic nitrogens is 3. The highest BCUT2D eigenvalue weighted by molar-refractivity contribution is 5.95. The van der Waals surface area contributed by atoms with Crippen LogP contribution in [0.2, 0.25) is 0 Å². The van der Waals surface area contributed by atoms with Crippen LogP contribution in [-0.4, -0.2) is 27.5 Å². The van der Waals surface area contributed by atoms with E-state index in [9.17, 15) is 4.79 Å². The summed E-state index contributed by atoms with van der Waals surface area (Å²) >= 11 is 0. The number of benzene rings is 2. The van der Waals surface area contributed by atoms with Crippen molar-refractivity contribution in [3.8, 4) is 22.9 Å². The first-order chi connectivity index (χ1) is 15.2. The predicted octanol–water partition coefficient (Wildman–Crippen LogP) is 3.75. The van der Waals surface area contributed by atoms with Gasteiger partial charge in [-0.05, 0) is 35.6 Å². The fraction of sp³-hybridized carbons (Fsp3) is 0.292. The molecule has 8 heteroatoms. The zero-order valence-corrected chi connectivity index (χ0v) is 18.5. The molecule has 0 aliphatic carbocycles. The highest BCUT2D eigenvalue weighted by atomic mass is 16.7. The predicted molar refractivity (Wildman–Crippen MR) is 120 cm³/mol. The van der Waals surface area contributed by atoms with Crippen molar-refractivity contribution < 1.29 is 14.3 Å². The van der Waals surface area contributed by atoms with Gasteiger partial charge in [0.05, 0.1) is 5.57 Å². The van der Waals surface area contributed by atoms with E-state index in [1.54, 1.807) is 4.68 Å². The third-order valence-electron chi connectivity index (χ3n) is 5.84. The summed E-state index contributed by atoms with van der Waals surface area (Å²) in [7, 11) is 0. The van der Waals surface area contributed by atoms with Crippen molar-refractivity contribution in [3.63, 3.8) is 0 Å². The molecule has 0 spiro atoms. The molecule has 3 N–H and O–H groups in total. The van der Waals surface area contributed by atoms with Crippen molar-refractivity contribution in [2.45, 2.75) is 39.2 Å². The van der Waals surface area contributed by atoms with Crippen molar-refractivity contribution in [2.75, 3.05) is 12.1 Å². The maximum atomic E-state index is 12.4. The van der Waals surface area contributed by atoms with Gasteiger partial charge in [0.25, 0.3) is 0 Å². The summed E-state index contributed by atoms with van der Waals surface area (Å²) < 4.78 is 12.7. The molecule has 0 fully saturated rings. The molecule has 2 aliphatic rings. The Kier molecular flexibility index (Phi) is 4.47. The molecule has 1 amide bonds. The van der Waals surface area contributed by atoms with Gasteiger partial charge in [-0.3, -0.25) is 4.79 Å². The van der Waals surface area contributed by atoms with E-state index in [1.165, 1.54) is 5.56 Å². The van der Waals surface area contributed by atoms with Gasteiger partial charge in [-0.2, -0.15) is 4.98 Å². The minimum atomic E-state index is -0.534. The van der Waals surface area contributed by atoms with E-state index >= 15 is 0 Å². The van der Waals surface area contributed by atoms with Gasteiger partial charge in [-0.25, -0.2) is 4.68 Å². The number of nitrogens with two attached hydrogens (primary N) is 1. The van der Waals surface area contributed by atoms with Crippen molar-refractivity contribution >= 4 is 11.9 Å². The lowest BCUT2D eigenvalue weighted by atomic mass is 9.87. The topological polar surface area (TPSA) is 104 Å². The van der Waals surface area contributed by atoms with Crippen molar-refractivity contribution in [2.24, 2.45) is 5.73 Å². The largest absolute Gasteiger partial charge is 0.454 e. The van der Waals surface area contributed by atoms with Gasteiger partial charge < -0.3 is 20.5 Å². The van der Waals surface area contributed by atoms with E-state index in [0.717, 1.165) is 11.1 Å². The zero-order valence-electron chi connectivity index (χ0n) is 18.5. The number of carbonyl (C=O) groups is 1. The quantitative estimate of drug-likeness (QED) is 0.655. The second-order valence-electron chi connectivity index (χ2n) is 9.07. The number of allylic oxidation sites excluding steroid dienone is 1. The van der Waals surface area contributed by atoms with Gasteiger partial charge in [-0.1, -0.05) is 51.1 Å². The van der Waals surface area contributed by atoms with Crippen LogP contribution in [0.4, 0.5) is 5.95 Å². The molecule has 164 valence electrons. The highest BCUT2D eigenvalue weighted by Gasteiger charge is 2.34. The Morgan fingerprint density at radius 3 is 2.53 bits per heavy atom. The van der Waals surface area contributed by atoms with Gasteiger partial charge in [0.15, 0.2) is 17.3 Å². The van der Waals surface area contributed by atoms with Crippen LogP contribution in [0.25, 0.3) is 11.4 Å². The minimum absolute atomic E-state index is 0.0584. The Morgan fingerprint density at radius 2 is 1.84 bits per heavy atom. The fourth-order valence-corrected chi connectivity index (χ4v) is 4.10. The standard InChI is InChI=1S/C24H25N5O3/c1-13-19(21(25)30)20(15-7-10-17-18(11-15)32-12-31-17)29-23(26-13)27-22(28-29)14-5-8-16(9-6-14)24(2,3)4/h5-11,20H,12H2,1-4H3,(H2,25,30)(H,26,27,28). The van der Waals surface area contributed by atoms with E-state index < -0.39 is 11.9 Å². The van der Waals surface area contributed by atoms with E-state index in [0.29, 0.717) is 34.5 Å². The summed E-state index contributed by atoms with van der Waals surface area (Å²) in [6.45, 7) is 8.52. The maximum Gasteiger partial charge on any atom is 0.248 e. The lowest BCUT2D eigenvalue weighted by Gasteiger charge is -2.27. The van der Waals surface area contributed by atoms with E-state index in [1.807, 2.05) is 37.3 Å². The summed E-state index contributed by atoms with van der Waals surface area (Å²) in [5.41, 5.74) is 9.84. The van der Waals surface area contributed by atoms with Gasteiger partial charge in [0.2, 0.25) is 18.6 Å². The number of fused-ring (bicyclic) bond motifs is 2. The number of anilines is 1. The molecule has 1 unspecified atom stereocenters. The number of carbonyl (C=O) groups excluding carboxylic acids is 1. The summed E-state index contributed by atoms with van der Waals surface area (Å²) in [5.74, 6) is 1.89. The molecule has 0 saturated heterocycles. The van der Waals surface area contributed by atoms with E-state index in [-0.39, 0.29) is 12.2 Å². The number of ether oxygens (including phenoxy) is 2. The van der Waals surface area contributed by atoms with E-state index in [4.69, 9.17) is 25.3 Å². The van der Waals surface area contributed by atoms with Gasteiger partial charge in [0, 0.05) is 11.3 Å². The lowest BCUT2D eigenvalue weighted by Crippen LogP contribution is -2.31. The number of rotatable bonds is 3. The molecule has 3 aromatic rings. The Balaban J connectivity index is 1.60. The normalized spacial score (nSPS) is 17.2. The number of hydrogen-bond acceptors (Lipinski definition) is 6. The van der Waals surface area contributed by atoms with Crippen LogP contribution >= 0.6 is 0 Å². The second kappa shape index (κ2) is 7.12. The van der Waals surface area contributed by atoms with Crippen LogP contribution in [0.3, 0.4) is 0 Å². The Hall–Kier alpha value is -3.81. The number of nitrogens with zero attached hydrogens (tertiary/aromatic N) is 3. The smallest absolute Gasteiger partial charge is 0.248 e. The molecule has 2 aromatic carbocycles. The molecule has 0 radical (unpaired) electrons. The summed E-state index contributed by atoms with van der Waals surface area (Å²) in [5, 5.41) is 7.94. The average molecular weight is 431 g/mol. The number of hydrogen-bond donors (Lipinski definition) is 2. The molecule has 0 bridgehead atoms. The first kappa shape index (κ1) is 20.1. The second-order valence-corrected chi connectivity index (χ2v) is 9.07. The van der Waals surface area contributed by atoms with Crippen LogP contribution in [0, 0.1) is 0 Å². The lowest BCUT2D eigenvalue weighted by molar-refractivity contribution is -0.115.